The second-order valence-electron chi connectivity index (χ2n) is 3.92. The largest absolute Gasteiger partial charge is 0.479 e. The van der Waals surface area contributed by atoms with E-state index in [1.54, 1.807) is 0 Å². The molecule has 0 aromatic carbocycles. The van der Waals surface area contributed by atoms with Gasteiger partial charge in [-0.1, -0.05) is 11.6 Å². The lowest BCUT2D eigenvalue weighted by atomic mass is 9.81. The summed E-state index contributed by atoms with van der Waals surface area (Å²) in [5.74, 6) is -1.68. The monoisotopic (exact) mass is 268 g/mol. The summed E-state index contributed by atoms with van der Waals surface area (Å²) in [5.41, 5.74) is -2.17. The number of aliphatic carboxylic acids is 1. The van der Waals surface area contributed by atoms with Gasteiger partial charge >= 0.3 is 13.8 Å². The maximum atomic E-state index is 10.9. The molecule has 8 nitrogen and oxygen atoms in total. The van der Waals surface area contributed by atoms with Gasteiger partial charge in [-0.3, -0.25) is 4.52 Å². The molecule has 0 aromatic heterocycles. The topological polar surface area (TPSA) is 145 Å². The molecule has 9 heteroatoms. The van der Waals surface area contributed by atoms with E-state index in [0.29, 0.717) is 5.57 Å². The van der Waals surface area contributed by atoms with Gasteiger partial charge in [-0.2, -0.15) is 0 Å². The van der Waals surface area contributed by atoms with Crippen molar-refractivity contribution in [1.82, 2.24) is 0 Å². The predicted octanol–water partition coefficient (Wildman–Crippen LogP) is -1.01. The Bertz CT molecular complexity index is 398. The summed E-state index contributed by atoms with van der Waals surface area (Å²) >= 11 is 0. The van der Waals surface area contributed by atoms with E-state index in [1.165, 1.54) is 13.0 Å². The number of phosphoric ester groups is 1. The molecule has 17 heavy (non-hydrogen) atoms. The molecule has 3 atom stereocenters. The SMILES string of the molecule is CC1=CC(OP(=O)(O)O)C(O)[C@@](O)(C(=O)O)C1. The Morgan fingerprint density at radius 2 is 2.12 bits per heavy atom. The molecule has 0 saturated heterocycles. The molecule has 0 heterocycles. The van der Waals surface area contributed by atoms with Crippen LogP contribution in [0.4, 0.5) is 0 Å². The highest BCUT2D eigenvalue weighted by molar-refractivity contribution is 7.46. The third-order valence-corrected chi connectivity index (χ3v) is 2.95. The van der Waals surface area contributed by atoms with Crippen LogP contribution in [0.5, 0.6) is 0 Å². The third kappa shape index (κ3) is 3.12. The van der Waals surface area contributed by atoms with Crippen molar-refractivity contribution in [1.29, 1.82) is 0 Å². The average Bonchev–Trinajstić information content (AvgIpc) is 2.10. The molecule has 1 rings (SSSR count). The number of aliphatic hydroxyl groups excluding tert-OH is 1. The molecule has 0 fully saturated rings. The normalized spacial score (nSPS) is 34.3. The molecule has 5 N–H and O–H groups in total. The van der Waals surface area contributed by atoms with Crippen LogP contribution in [0, 0.1) is 0 Å². The maximum Gasteiger partial charge on any atom is 0.470 e. The maximum absolute atomic E-state index is 10.9. The highest BCUT2D eigenvalue weighted by Gasteiger charge is 2.51. The van der Waals surface area contributed by atoms with E-state index in [9.17, 15) is 19.6 Å². The van der Waals surface area contributed by atoms with E-state index in [1.807, 2.05) is 0 Å². The van der Waals surface area contributed by atoms with Crippen molar-refractivity contribution in [2.45, 2.75) is 31.2 Å². The van der Waals surface area contributed by atoms with Crippen molar-refractivity contribution in [2.24, 2.45) is 0 Å². The minimum Gasteiger partial charge on any atom is -0.479 e. The second kappa shape index (κ2) is 4.49. The Kier molecular flexibility index (Phi) is 3.78. The molecule has 0 aromatic rings. The molecule has 0 spiro atoms. The fraction of sp³-hybridized carbons (Fsp3) is 0.625. The van der Waals surface area contributed by atoms with Crippen molar-refractivity contribution >= 4 is 13.8 Å². The molecule has 1 aliphatic carbocycles. The number of carbonyl (C=O) groups is 1. The number of hydrogen-bond donors (Lipinski definition) is 5. The smallest absolute Gasteiger partial charge is 0.470 e. The Morgan fingerprint density at radius 1 is 1.59 bits per heavy atom. The number of carboxylic acids is 1. The van der Waals surface area contributed by atoms with Gasteiger partial charge in [0.25, 0.3) is 0 Å². The summed E-state index contributed by atoms with van der Waals surface area (Å²) in [5, 5.41) is 28.1. The summed E-state index contributed by atoms with van der Waals surface area (Å²) in [7, 11) is -4.89. The van der Waals surface area contributed by atoms with Gasteiger partial charge in [0, 0.05) is 6.42 Å². The van der Waals surface area contributed by atoms with Gasteiger partial charge in [-0.15, -0.1) is 0 Å². The quantitative estimate of drug-likeness (QED) is 0.323. The first kappa shape index (κ1) is 14.3. The van der Waals surface area contributed by atoms with Crippen LogP contribution in [0.15, 0.2) is 11.6 Å². The Morgan fingerprint density at radius 3 is 2.53 bits per heavy atom. The molecule has 2 unspecified atom stereocenters. The molecule has 0 bridgehead atoms. The van der Waals surface area contributed by atoms with E-state index < -0.39 is 31.6 Å². The summed E-state index contributed by atoms with van der Waals surface area (Å²) < 4.78 is 14.9. The Balaban J connectivity index is 3.05. The Labute approximate surface area is 96.4 Å². The van der Waals surface area contributed by atoms with Crippen molar-refractivity contribution in [2.75, 3.05) is 0 Å². The molecule has 0 aliphatic heterocycles. The van der Waals surface area contributed by atoms with Crippen molar-refractivity contribution in [3.05, 3.63) is 11.6 Å². The van der Waals surface area contributed by atoms with Crippen LogP contribution < -0.4 is 0 Å². The van der Waals surface area contributed by atoms with Gasteiger partial charge in [-0.05, 0) is 6.92 Å². The number of carboxylic acid groups (broad SMARTS) is 1. The number of phosphoric acid groups is 1. The molecule has 0 radical (unpaired) electrons. The zero-order chi connectivity index (χ0) is 13.4. The van der Waals surface area contributed by atoms with Gasteiger partial charge in [0.15, 0.2) is 5.60 Å². The van der Waals surface area contributed by atoms with Gasteiger partial charge in [0.1, 0.15) is 12.2 Å². The summed E-state index contributed by atoms with van der Waals surface area (Å²) in [6.07, 6.45) is -2.71. The minimum absolute atomic E-state index is 0.343. The fourth-order valence-corrected chi connectivity index (χ4v) is 2.17. The minimum atomic E-state index is -4.89. The van der Waals surface area contributed by atoms with Gasteiger partial charge in [0.05, 0.1) is 0 Å². The van der Waals surface area contributed by atoms with E-state index in [-0.39, 0.29) is 6.42 Å². The lowest BCUT2D eigenvalue weighted by Gasteiger charge is -2.36. The van der Waals surface area contributed by atoms with E-state index in [2.05, 4.69) is 4.52 Å². The van der Waals surface area contributed by atoms with Crippen LogP contribution in [0.1, 0.15) is 13.3 Å². The van der Waals surface area contributed by atoms with Gasteiger partial charge < -0.3 is 25.1 Å². The van der Waals surface area contributed by atoms with Crippen LogP contribution >= 0.6 is 7.82 Å². The van der Waals surface area contributed by atoms with Crippen molar-refractivity contribution in [3.8, 4) is 0 Å². The highest BCUT2D eigenvalue weighted by atomic mass is 31.2. The number of hydrogen-bond acceptors (Lipinski definition) is 5. The number of aliphatic hydroxyl groups is 2. The first-order valence-corrected chi connectivity index (χ1v) is 6.14. The van der Waals surface area contributed by atoms with E-state index in [4.69, 9.17) is 14.9 Å². The molecule has 1 aliphatic rings. The fourth-order valence-electron chi connectivity index (χ4n) is 1.68. The summed E-state index contributed by atoms with van der Waals surface area (Å²) in [4.78, 5) is 28.1. The zero-order valence-corrected chi connectivity index (χ0v) is 9.74. The van der Waals surface area contributed by atoms with Crippen LogP contribution in [0.25, 0.3) is 0 Å². The van der Waals surface area contributed by atoms with Crippen molar-refractivity contribution < 1.29 is 39.0 Å². The third-order valence-electron chi connectivity index (χ3n) is 2.43. The first-order chi connectivity index (χ1) is 7.56. The second-order valence-corrected chi connectivity index (χ2v) is 5.12. The average molecular weight is 268 g/mol. The molecule has 98 valence electrons. The van der Waals surface area contributed by atoms with Crippen LogP contribution in [0.2, 0.25) is 0 Å². The van der Waals surface area contributed by atoms with E-state index in [0.717, 1.165) is 0 Å². The summed E-state index contributed by atoms with van der Waals surface area (Å²) in [6, 6.07) is 0. The van der Waals surface area contributed by atoms with Crippen LogP contribution in [-0.4, -0.2) is 48.9 Å². The lowest BCUT2D eigenvalue weighted by Crippen LogP contribution is -2.56. The predicted molar refractivity (Wildman–Crippen MR) is 53.9 cm³/mol. The number of rotatable bonds is 3. The summed E-state index contributed by atoms with van der Waals surface area (Å²) in [6.45, 7) is 1.45. The molecule has 0 saturated carbocycles. The van der Waals surface area contributed by atoms with Crippen LogP contribution in [0.3, 0.4) is 0 Å². The molecule has 0 amide bonds. The highest BCUT2D eigenvalue weighted by Crippen LogP contribution is 2.42. The lowest BCUT2D eigenvalue weighted by molar-refractivity contribution is -0.179. The standard InChI is InChI=1S/C8H13O8P/c1-4-2-5(16-17(13,14)15)6(9)8(12,3-4)7(10)11/h2,5-6,9,12H,3H2,1H3,(H,10,11)(H2,13,14,15)/t5?,6?,8-/m1/s1. The van der Waals surface area contributed by atoms with Crippen molar-refractivity contribution in [3.63, 3.8) is 0 Å². The zero-order valence-electron chi connectivity index (χ0n) is 8.85. The van der Waals surface area contributed by atoms with Gasteiger partial charge in [-0.25, -0.2) is 9.36 Å². The van der Waals surface area contributed by atoms with E-state index >= 15 is 0 Å². The van der Waals surface area contributed by atoms with Crippen LogP contribution in [-0.2, 0) is 13.9 Å². The van der Waals surface area contributed by atoms with Gasteiger partial charge in [0.2, 0.25) is 0 Å². The first-order valence-electron chi connectivity index (χ1n) is 4.61. The Hall–Kier alpha value is -0.760. The molecular weight excluding hydrogens is 255 g/mol. The molecular formula is C8H13O8P.